The number of nitrogens with zero attached hydrogens (tertiary/aromatic N) is 5. The molecule has 0 fully saturated rings. The number of aryl methyl sites for hydroxylation is 1. The first-order chi connectivity index (χ1) is 14.7. The molecule has 9 heteroatoms. The smallest absolute Gasteiger partial charge is 0.227 e. The zero-order chi connectivity index (χ0) is 20.8. The van der Waals surface area contributed by atoms with E-state index in [2.05, 4.69) is 25.5 Å². The van der Waals surface area contributed by atoms with Crippen LogP contribution in [-0.2, 0) is 24.3 Å². The molecule has 0 saturated carbocycles. The molecule has 8 nitrogen and oxygen atoms in total. The van der Waals surface area contributed by atoms with Gasteiger partial charge in [0.1, 0.15) is 12.7 Å². The Morgan fingerprint density at radius 1 is 1.13 bits per heavy atom. The molecule has 30 heavy (non-hydrogen) atoms. The molecule has 0 unspecified atom stereocenters. The Morgan fingerprint density at radius 3 is 2.77 bits per heavy atom. The van der Waals surface area contributed by atoms with Gasteiger partial charge in [-0.1, -0.05) is 41.0 Å². The van der Waals surface area contributed by atoms with Crippen LogP contribution in [0.2, 0.25) is 5.02 Å². The van der Waals surface area contributed by atoms with Gasteiger partial charge in [0.05, 0.1) is 6.54 Å². The number of carbonyl (C=O) groups is 1. The third kappa shape index (κ3) is 5.30. The van der Waals surface area contributed by atoms with Gasteiger partial charge in [0.2, 0.25) is 17.6 Å². The van der Waals surface area contributed by atoms with Crippen molar-refractivity contribution in [1.29, 1.82) is 0 Å². The first-order valence-electron chi connectivity index (χ1n) is 9.41. The van der Waals surface area contributed by atoms with Gasteiger partial charge in [-0.05, 0) is 35.4 Å². The van der Waals surface area contributed by atoms with Crippen molar-refractivity contribution in [3.05, 3.63) is 83.2 Å². The van der Waals surface area contributed by atoms with Crippen molar-refractivity contribution in [2.75, 3.05) is 0 Å². The maximum Gasteiger partial charge on any atom is 0.227 e. The molecule has 0 radical (unpaired) electrons. The molecule has 2 aromatic carbocycles. The Labute approximate surface area is 177 Å². The summed E-state index contributed by atoms with van der Waals surface area (Å²) in [6.45, 7) is 1.08. The van der Waals surface area contributed by atoms with E-state index in [1.807, 2.05) is 36.4 Å². The Hall–Kier alpha value is -3.52. The number of hydrogen-bond donors (Lipinski definition) is 1. The van der Waals surface area contributed by atoms with Gasteiger partial charge < -0.3 is 9.84 Å². The van der Waals surface area contributed by atoms with Crippen molar-refractivity contribution in [3.63, 3.8) is 0 Å². The van der Waals surface area contributed by atoms with Crippen LogP contribution < -0.4 is 5.32 Å². The zero-order valence-electron chi connectivity index (χ0n) is 16.0. The zero-order valence-corrected chi connectivity index (χ0v) is 16.8. The lowest BCUT2D eigenvalue weighted by Crippen LogP contribution is -2.23. The van der Waals surface area contributed by atoms with Crippen LogP contribution in [0.4, 0.5) is 0 Å². The van der Waals surface area contributed by atoms with Gasteiger partial charge in [-0.15, -0.1) is 0 Å². The number of nitrogens with one attached hydrogen (secondary N) is 1. The lowest BCUT2D eigenvalue weighted by atomic mass is 10.1. The van der Waals surface area contributed by atoms with Gasteiger partial charge in [0, 0.05) is 30.0 Å². The van der Waals surface area contributed by atoms with E-state index in [-0.39, 0.29) is 12.3 Å². The minimum absolute atomic E-state index is 0.0806. The van der Waals surface area contributed by atoms with E-state index in [9.17, 15) is 4.79 Å². The fourth-order valence-electron chi connectivity index (χ4n) is 2.92. The minimum atomic E-state index is -0.0806. The molecule has 1 N–H and O–H groups in total. The van der Waals surface area contributed by atoms with E-state index in [1.54, 1.807) is 23.1 Å². The van der Waals surface area contributed by atoms with Crippen molar-refractivity contribution < 1.29 is 9.32 Å². The SMILES string of the molecule is O=C(CCc1nc(-c2ccc(Cl)cc2)no1)NCc1cccc(Cn2cncn2)c1. The third-order valence-electron chi connectivity index (χ3n) is 4.43. The molecule has 2 heterocycles. The van der Waals surface area contributed by atoms with E-state index in [1.165, 1.54) is 6.33 Å². The Bertz CT molecular complexity index is 1110. The number of aromatic nitrogens is 5. The monoisotopic (exact) mass is 422 g/mol. The summed E-state index contributed by atoms with van der Waals surface area (Å²) < 4.78 is 6.99. The first-order valence-corrected chi connectivity index (χ1v) is 9.79. The molecule has 4 rings (SSSR count). The van der Waals surface area contributed by atoms with Gasteiger partial charge in [-0.3, -0.25) is 4.79 Å². The molecule has 0 atom stereocenters. The van der Waals surface area contributed by atoms with Gasteiger partial charge in [0.15, 0.2) is 0 Å². The predicted molar refractivity (Wildman–Crippen MR) is 110 cm³/mol. The van der Waals surface area contributed by atoms with Crippen LogP contribution in [0.3, 0.4) is 0 Å². The van der Waals surface area contributed by atoms with Crippen molar-refractivity contribution >= 4 is 17.5 Å². The molecular weight excluding hydrogens is 404 g/mol. The normalized spacial score (nSPS) is 10.8. The molecule has 0 aliphatic rings. The Balaban J connectivity index is 1.26. The molecule has 0 saturated heterocycles. The van der Waals surface area contributed by atoms with Crippen molar-refractivity contribution in [1.82, 2.24) is 30.2 Å². The molecular formula is C21H19ClN6O2. The van der Waals surface area contributed by atoms with Crippen LogP contribution in [0.5, 0.6) is 0 Å². The summed E-state index contributed by atoms with van der Waals surface area (Å²) in [5, 5.41) is 11.6. The number of hydrogen-bond acceptors (Lipinski definition) is 6. The highest BCUT2D eigenvalue weighted by atomic mass is 35.5. The molecule has 0 aliphatic carbocycles. The van der Waals surface area contributed by atoms with Crippen molar-refractivity contribution in [2.45, 2.75) is 25.9 Å². The predicted octanol–water partition coefficient (Wildman–Crippen LogP) is 3.28. The van der Waals surface area contributed by atoms with E-state index in [0.29, 0.717) is 36.2 Å². The number of rotatable bonds is 8. The lowest BCUT2D eigenvalue weighted by molar-refractivity contribution is -0.121. The number of halogens is 1. The van der Waals surface area contributed by atoms with Crippen molar-refractivity contribution in [2.24, 2.45) is 0 Å². The molecule has 4 aromatic rings. The van der Waals surface area contributed by atoms with Crippen molar-refractivity contribution in [3.8, 4) is 11.4 Å². The highest BCUT2D eigenvalue weighted by Crippen LogP contribution is 2.19. The summed E-state index contributed by atoms with van der Waals surface area (Å²) in [5.74, 6) is 0.819. The summed E-state index contributed by atoms with van der Waals surface area (Å²) in [5.41, 5.74) is 2.92. The van der Waals surface area contributed by atoms with Crippen LogP contribution >= 0.6 is 11.6 Å². The summed E-state index contributed by atoms with van der Waals surface area (Å²) >= 11 is 5.89. The van der Waals surface area contributed by atoms with E-state index < -0.39 is 0 Å². The average molecular weight is 423 g/mol. The maximum atomic E-state index is 12.2. The van der Waals surface area contributed by atoms with E-state index in [4.69, 9.17) is 16.1 Å². The first kappa shape index (κ1) is 19.8. The second-order valence-electron chi connectivity index (χ2n) is 6.71. The number of benzene rings is 2. The maximum absolute atomic E-state index is 12.2. The number of carbonyl (C=O) groups excluding carboxylic acids is 1. The van der Waals surface area contributed by atoms with Gasteiger partial charge in [0.25, 0.3) is 0 Å². The van der Waals surface area contributed by atoms with Crippen LogP contribution in [0.25, 0.3) is 11.4 Å². The van der Waals surface area contributed by atoms with Crippen LogP contribution in [0, 0.1) is 0 Å². The van der Waals surface area contributed by atoms with Gasteiger partial charge in [-0.2, -0.15) is 10.1 Å². The lowest BCUT2D eigenvalue weighted by Gasteiger charge is -2.07. The third-order valence-corrected chi connectivity index (χ3v) is 4.68. The van der Waals surface area contributed by atoms with Gasteiger partial charge in [-0.25, -0.2) is 9.67 Å². The molecule has 1 amide bonds. The topological polar surface area (TPSA) is 98.7 Å². The van der Waals surface area contributed by atoms with Crippen LogP contribution in [0.15, 0.2) is 65.7 Å². The fourth-order valence-corrected chi connectivity index (χ4v) is 3.05. The average Bonchev–Trinajstić information content (AvgIpc) is 3.44. The quantitative estimate of drug-likeness (QED) is 0.468. The molecule has 0 bridgehead atoms. The summed E-state index contributed by atoms with van der Waals surface area (Å²) in [6.07, 6.45) is 3.82. The molecule has 2 aromatic heterocycles. The van der Waals surface area contributed by atoms with E-state index in [0.717, 1.165) is 16.7 Å². The summed E-state index contributed by atoms with van der Waals surface area (Å²) in [6, 6.07) is 15.2. The Morgan fingerprint density at radius 2 is 1.97 bits per heavy atom. The molecule has 0 spiro atoms. The minimum Gasteiger partial charge on any atom is -0.352 e. The second-order valence-corrected chi connectivity index (χ2v) is 7.14. The molecule has 0 aliphatic heterocycles. The highest BCUT2D eigenvalue weighted by molar-refractivity contribution is 6.30. The summed E-state index contributed by atoms with van der Waals surface area (Å²) in [4.78, 5) is 20.5. The largest absolute Gasteiger partial charge is 0.352 e. The molecule has 152 valence electrons. The fraction of sp³-hybridized carbons (Fsp3) is 0.190. The highest BCUT2D eigenvalue weighted by Gasteiger charge is 2.11. The Kier molecular flexibility index (Phi) is 6.14. The van der Waals surface area contributed by atoms with Crippen LogP contribution in [0.1, 0.15) is 23.4 Å². The van der Waals surface area contributed by atoms with Gasteiger partial charge >= 0.3 is 0 Å². The summed E-state index contributed by atoms with van der Waals surface area (Å²) in [7, 11) is 0. The van der Waals surface area contributed by atoms with Crippen LogP contribution in [-0.4, -0.2) is 30.8 Å². The van der Waals surface area contributed by atoms with E-state index >= 15 is 0 Å². The standard InChI is InChI=1S/C21H19ClN6O2/c22-18-6-4-17(5-7-18)21-26-20(30-27-21)9-8-19(29)24-11-15-2-1-3-16(10-15)12-28-14-23-13-25-28/h1-7,10,13-14H,8-9,11-12H2,(H,24,29). The second kappa shape index (κ2) is 9.32. The number of amides is 1.